The lowest BCUT2D eigenvalue weighted by Crippen LogP contribution is -2.35. The molecule has 0 aromatic heterocycles. The third-order valence-electron chi connectivity index (χ3n) is 3.77. The molecule has 1 aromatic rings. The minimum absolute atomic E-state index is 0.0167. The van der Waals surface area contributed by atoms with Crippen molar-refractivity contribution in [2.24, 2.45) is 0 Å². The Balaban J connectivity index is 2.28. The highest BCUT2D eigenvalue weighted by Crippen LogP contribution is 2.33. The summed E-state index contributed by atoms with van der Waals surface area (Å²) in [6, 6.07) is 5.88. The zero-order valence-electron chi connectivity index (χ0n) is 11.2. The Bertz CT molecular complexity index is 455. The van der Waals surface area contributed by atoms with Gasteiger partial charge in [0.2, 0.25) is 0 Å². The van der Waals surface area contributed by atoms with Gasteiger partial charge in [0.25, 0.3) is 0 Å². The van der Waals surface area contributed by atoms with Crippen molar-refractivity contribution in [1.29, 1.82) is 0 Å². The number of hydrogen-bond acceptors (Lipinski definition) is 3. The molecule has 2 rings (SSSR count). The zero-order valence-corrected chi connectivity index (χ0v) is 12.0. The van der Waals surface area contributed by atoms with Crippen LogP contribution in [0.5, 0.6) is 0 Å². The molecule has 19 heavy (non-hydrogen) atoms. The van der Waals surface area contributed by atoms with E-state index in [4.69, 9.17) is 11.6 Å². The van der Waals surface area contributed by atoms with E-state index in [2.05, 4.69) is 4.90 Å². The Morgan fingerprint density at radius 1 is 1.42 bits per heavy atom. The number of aliphatic hydroxyl groups is 1. The molecule has 0 bridgehead atoms. The first-order valence-electron chi connectivity index (χ1n) is 6.81. The lowest BCUT2D eigenvalue weighted by Gasteiger charge is -2.31. The maximum atomic E-state index is 11.3. The second kappa shape index (κ2) is 6.40. The molecule has 104 valence electrons. The number of halogens is 1. The Morgan fingerprint density at radius 3 is 2.63 bits per heavy atom. The molecule has 0 aliphatic heterocycles. The number of aliphatic hydroxyl groups excluding tert-OH is 1. The van der Waals surface area contributed by atoms with Crippen LogP contribution in [-0.4, -0.2) is 30.1 Å². The van der Waals surface area contributed by atoms with Crippen molar-refractivity contribution in [3.05, 3.63) is 28.8 Å². The fourth-order valence-corrected chi connectivity index (χ4v) is 3.07. The summed E-state index contributed by atoms with van der Waals surface area (Å²) in [7, 11) is 0. The van der Waals surface area contributed by atoms with Crippen molar-refractivity contribution in [2.75, 3.05) is 18.1 Å². The molecular weight excluding hydrogens is 262 g/mol. The van der Waals surface area contributed by atoms with Crippen LogP contribution in [-0.2, 0) is 0 Å². The molecule has 1 fully saturated rings. The SMILES string of the molecule is CC(=O)c1ccc(N(CCO)C2CCCC2)c(Cl)c1. The number of carbonyl (C=O) groups is 1. The van der Waals surface area contributed by atoms with Crippen LogP contribution in [0, 0.1) is 0 Å². The molecule has 3 nitrogen and oxygen atoms in total. The molecule has 0 saturated heterocycles. The number of rotatable bonds is 5. The van der Waals surface area contributed by atoms with Gasteiger partial charge in [-0.15, -0.1) is 0 Å². The first kappa shape index (κ1) is 14.4. The molecule has 0 heterocycles. The van der Waals surface area contributed by atoms with E-state index in [9.17, 15) is 9.90 Å². The monoisotopic (exact) mass is 281 g/mol. The maximum Gasteiger partial charge on any atom is 0.159 e. The van der Waals surface area contributed by atoms with E-state index in [1.54, 1.807) is 6.07 Å². The largest absolute Gasteiger partial charge is 0.395 e. The van der Waals surface area contributed by atoms with Gasteiger partial charge in [-0.05, 0) is 38.0 Å². The molecule has 1 saturated carbocycles. The normalized spacial score (nSPS) is 15.7. The van der Waals surface area contributed by atoms with Crippen LogP contribution >= 0.6 is 11.6 Å². The van der Waals surface area contributed by atoms with Gasteiger partial charge in [-0.1, -0.05) is 24.4 Å². The first-order valence-corrected chi connectivity index (χ1v) is 7.19. The second-order valence-corrected chi connectivity index (χ2v) is 5.48. The number of carbonyl (C=O) groups excluding carboxylic acids is 1. The lowest BCUT2D eigenvalue weighted by atomic mass is 10.1. The quantitative estimate of drug-likeness (QED) is 0.842. The molecule has 1 aliphatic carbocycles. The third kappa shape index (κ3) is 3.28. The van der Waals surface area contributed by atoms with Crippen molar-refractivity contribution >= 4 is 23.1 Å². The van der Waals surface area contributed by atoms with Crippen molar-refractivity contribution in [3.63, 3.8) is 0 Å². The van der Waals surface area contributed by atoms with Gasteiger partial charge in [-0.2, -0.15) is 0 Å². The van der Waals surface area contributed by atoms with E-state index in [1.165, 1.54) is 19.8 Å². The molecule has 4 heteroatoms. The van der Waals surface area contributed by atoms with Crippen LogP contribution in [0.25, 0.3) is 0 Å². The first-order chi connectivity index (χ1) is 9.13. The van der Waals surface area contributed by atoms with E-state index in [0.717, 1.165) is 18.5 Å². The number of hydrogen-bond donors (Lipinski definition) is 1. The summed E-state index contributed by atoms with van der Waals surface area (Å²) in [5.74, 6) is 0.0167. The van der Waals surface area contributed by atoms with E-state index < -0.39 is 0 Å². The number of anilines is 1. The van der Waals surface area contributed by atoms with E-state index >= 15 is 0 Å². The summed E-state index contributed by atoms with van der Waals surface area (Å²) < 4.78 is 0. The third-order valence-corrected chi connectivity index (χ3v) is 4.07. The lowest BCUT2D eigenvalue weighted by molar-refractivity contribution is 0.101. The highest BCUT2D eigenvalue weighted by molar-refractivity contribution is 6.33. The van der Waals surface area contributed by atoms with Crippen LogP contribution in [0.2, 0.25) is 5.02 Å². The van der Waals surface area contributed by atoms with Crippen LogP contribution < -0.4 is 4.90 Å². The van der Waals surface area contributed by atoms with E-state index in [1.807, 2.05) is 12.1 Å². The van der Waals surface area contributed by atoms with E-state index in [-0.39, 0.29) is 12.4 Å². The second-order valence-electron chi connectivity index (χ2n) is 5.08. The molecular formula is C15H20ClNO2. The van der Waals surface area contributed by atoms with Crippen LogP contribution in [0.4, 0.5) is 5.69 Å². The fourth-order valence-electron chi connectivity index (χ4n) is 2.78. The van der Waals surface area contributed by atoms with Crippen LogP contribution in [0.15, 0.2) is 18.2 Å². The fraction of sp³-hybridized carbons (Fsp3) is 0.533. The maximum absolute atomic E-state index is 11.3. The van der Waals surface area contributed by atoms with Crippen LogP contribution in [0.3, 0.4) is 0 Å². The Labute approximate surface area is 119 Å². The molecule has 1 aromatic carbocycles. The molecule has 0 spiro atoms. The molecule has 0 unspecified atom stereocenters. The predicted octanol–water partition coefficient (Wildman–Crippen LogP) is 3.28. The number of benzene rings is 1. The summed E-state index contributed by atoms with van der Waals surface area (Å²) in [5.41, 5.74) is 1.55. The number of Topliss-reactive ketones (excluding diaryl/α,β-unsaturated/α-hetero) is 1. The van der Waals surface area contributed by atoms with Crippen molar-refractivity contribution in [3.8, 4) is 0 Å². The molecule has 0 amide bonds. The average Bonchev–Trinajstić information content (AvgIpc) is 2.90. The van der Waals surface area contributed by atoms with Gasteiger partial charge < -0.3 is 10.0 Å². The molecule has 1 N–H and O–H groups in total. The summed E-state index contributed by atoms with van der Waals surface area (Å²) in [6.45, 7) is 2.24. The van der Waals surface area contributed by atoms with Crippen LogP contribution in [0.1, 0.15) is 43.0 Å². The number of nitrogens with zero attached hydrogens (tertiary/aromatic N) is 1. The summed E-state index contributed by atoms with van der Waals surface area (Å²) in [4.78, 5) is 13.5. The van der Waals surface area contributed by atoms with Gasteiger partial charge in [-0.3, -0.25) is 4.79 Å². The highest BCUT2D eigenvalue weighted by atomic mass is 35.5. The van der Waals surface area contributed by atoms with E-state index in [0.29, 0.717) is 23.2 Å². The van der Waals surface area contributed by atoms with Crippen molar-refractivity contribution in [1.82, 2.24) is 0 Å². The highest BCUT2D eigenvalue weighted by Gasteiger charge is 2.24. The topological polar surface area (TPSA) is 40.5 Å². The summed E-state index contributed by atoms with van der Waals surface area (Å²) >= 11 is 6.31. The Kier molecular flexibility index (Phi) is 4.83. The molecule has 0 radical (unpaired) electrons. The summed E-state index contributed by atoms with van der Waals surface area (Å²) in [5, 5.41) is 9.84. The smallest absolute Gasteiger partial charge is 0.159 e. The van der Waals surface area contributed by atoms with Gasteiger partial charge in [0, 0.05) is 18.2 Å². The minimum Gasteiger partial charge on any atom is -0.395 e. The average molecular weight is 282 g/mol. The van der Waals surface area contributed by atoms with Gasteiger partial charge in [0.1, 0.15) is 0 Å². The minimum atomic E-state index is 0.0167. The summed E-state index contributed by atoms with van der Waals surface area (Å²) in [6.07, 6.45) is 4.75. The number of ketones is 1. The van der Waals surface area contributed by atoms with Gasteiger partial charge >= 0.3 is 0 Å². The molecule has 0 atom stereocenters. The molecule has 1 aliphatic rings. The standard InChI is InChI=1S/C15H20ClNO2/c1-11(19)12-6-7-15(14(16)10-12)17(8-9-18)13-4-2-3-5-13/h6-7,10,13,18H,2-5,8-9H2,1H3. The Hall–Kier alpha value is -1.06. The van der Waals surface area contributed by atoms with Gasteiger partial charge in [-0.25, -0.2) is 0 Å². The van der Waals surface area contributed by atoms with Gasteiger partial charge in [0.15, 0.2) is 5.78 Å². The predicted molar refractivity (Wildman–Crippen MR) is 78.1 cm³/mol. The van der Waals surface area contributed by atoms with Gasteiger partial charge in [0.05, 0.1) is 17.3 Å². The zero-order chi connectivity index (χ0) is 13.8. The Morgan fingerprint density at radius 2 is 2.11 bits per heavy atom. The van der Waals surface area contributed by atoms with Crippen molar-refractivity contribution in [2.45, 2.75) is 38.6 Å². The van der Waals surface area contributed by atoms with Crippen molar-refractivity contribution < 1.29 is 9.90 Å².